The van der Waals surface area contributed by atoms with Gasteiger partial charge in [-0.25, -0.2) is 0 Å². The molecule has 2 aromatic carbocycles. The van der Waals surface area contributed by atoms with Crippen LogP contribution >= 0.6 is 15.9 Å². The van der Waals surface area contributed by atoms with Gasteiger partial charge in [-0.2, -0.15) is 0 Å². The average molecular weight is 299 g/mol. The van der Waals surface area contributed by atoms with Crippen LogP contribution in [0.25, 0.3) is 17.2 Å². The molecule has 0 aromatic heterocycles. The first-order valence-electron chi connectivity index (χ1n) is 6.21. The molecule has 0 atom stereocenters. The largest absolute Gasteiger partial charge is 0.0683 e. The average Bonchev–Trinajstić information content (AvgIpc) is 2.69. The molecule has 0 nitrogen and oxygen atoms in total. The fourth-order valence-electron chi connectivity index (χ4n) is 2.69. The van der Waals surface area contributed by atoms with Crippen LogP contribution in [0.4, 0.5) is 0 Å². The highest BCUT2D eigenvalue weighted by atomic mass is 79.9. The summed E-state index contributed by atoms with van der Waals surface area (Å²) in [6.07, 6.45) is 3.37. The number of rotatable bonds is 1. The van der Waals surface area contributed by atoms with Crippen LogP contribution < -0.4 is 0 Å². The Balaban J connectivity index is 2.25. The molecule has 1 heteroatoms. The lowest BCUT2D eigenvalue weighted by atomic mass is 9.93. The Morgan fingerprint density at radius 1 is 1.00 bits per heavy atom. The number of allylic oxidation sites excluding steroid dienone is 1. The van der Waals surface area contributed by atoms with E-state index in [1.54, 1.807) is 0 Å². The Morgan fingerprint density at radius 3 is 2.56 bits per heavy atom. The SMILES string of the molecule is CC1=Cc2cc(Br)cc(-c3ccccc3C)c2C1. The summed E-state index contributed by atoms with van der Waals surface area (Å²) in [5.41, 5.74) is 8.31. The van der Waals surface area contributed by atoms with Gasteiger partial charge in [0.05, 0.1) is 0 Å². The Morgan fingerprint density at radius 2 is 1.78 bits per heavy atom. The van der Waals surface area contributed by atoms with Crippen molar-refractivity contribution >= 4 is 22.0 Å². The quantitative estimate of drug-likeness (QED) is 0.663. The molecule has 0 unspecified atom stereocenters. The Bertz CT molecular complexity index is 651. The van der Waals surface area contributed by atoms with E-state index in [1.807, 2.05) is 0 Å². The summed E-state index contributed by atoms with van der Waals surface area (Å²) >= 11 is 3.63. The van der Waals surface area contributed by atoms with Crippen LogP contribution in [0, 0.1) is 6.92 Å². The van der Waals surface area contributed by atoms with Gasteiger partial charge in [-0.3, -0.25) is 0 Å². The summed E-state index contributed by atoms with van der Waals surface area (Å²) in [7, 11) is 0. The minimum absolute atomic E-state index is 1.08. The van der Waals surface area contributed by atoms with Gasteiger partial charge in [0.25, 0.3) is 0 Å². The zero-order valence-corrected chi connectivity index (χ0v) is 12.2. The molecule has 0 fully saturated rings. The Labute approximate surface area is 116 Å². The molecule has 90 valence electrons. The van der Waals surface area contributed by atoms with Crippen molar-refractivity contribution in [2.75, 3.05) is 0 Å². The van der Waals surface area contributed by atoms with E-state index in [2.05, 4.69) is 72.3 Å². The van der Waals surface area contributed by atoms with E-state index < -0.39 is 0 Å². The molecular formula is C17H15Br. The molecule has 1 aliphatic rings. The van der Waals surface area contributed by atoms with Gasteiger partial charge in [0.2, 0.25) is 0 Å². The van der Waals surface area contributed by atoms with Crippen LogP contribution in [0.5, 0.6) is 0 Å². The molecule has 0 saturated heterocycles. The van der Waals surface area contributed by atoms with Gasteiger partial charge in [0.1, 0.15) is 0 Å². The van der Waals surface area contributed by atoms with Gasteiger partial charge >= 0.3 is 0 Å². The first-order valence-corrected chi connectivity index (χ1v) is 7.00. The van der Waals surface area contributed by atoms with Crippen LogP contribution in [0.2, 0.25) is 0 Å². The number of aryl methyl sites for hydroxylation is 1. The van der Waals surface area contributed by atoms with Gasteiger partial charge < -0.3 is 0 Å². The highest BCUT2D eigenvalue weighted by Gasteiger charge is 2.16. The maximum Gasteiger partial charge on any atom is 0.0187 e. The zero-order valence-electron chi connectivity index (χ0n) is 10.6. The maximum absolute atomic E-state index is 3.63. The third-order valence-electron chi connectivity index (χ3n) is 3.54. The topological polar surface area (TPSA) is 0 Å². The van der Waals surface area contributed by atoms with Crippen molar-refractivity contribution in [1.82, 2.24) is 0 Å². The van der Waals surface area contributed by atoms with E-state index in [1.165, 1.54) is 33.4 Å². The molecule has 0 spiro atoms. The standard InChI is InChI=1S/C17H15Br/c1-11-7-13-9-14(18)10-17(16(13)8-11)15-6-4-3-5-12(15)2/h3-7,9-10H,8H2,1-2H3. The smallest absolute Gasteiger partial charge is 0.0187 e. The molecule has 0 heterocycles. The number of fused-ring (bicyclic) bond motifs is 1. The monoisotopic (exact) mass is 298 g/mol. The van der Waals surface area contributed by atoms with E-state index in [4.69, 9.17) is 0 Å². The lowest BCUT2D eigenvalue weighted by Gasteiger charge is -2.12. The molecule has 0 amide bonds. The lowest BCUT2D eigenvalue weighted by molar-refractivity contribution is 1.19. The first kappa shape index (κ1) is 11.7. The third-order valence-corrected chi connectivity index (χ3v) is 4.00. The molecule has 2 aromatic rings. The van der Waals surface area contributed by atoms with Crippen molar-refractivity contribution in [3.8, 4) is 11.1 Å². The predicted octanol–water partition coefficient (Wildman–Crippen LogP) is 5.38. The van der Waals surface area contributed by atoms with E-state index in [-0.39, 0.29) is 0 Å². The van der Waals surface area contributed by atoms with Crippen molar-refractivity contribution in [3.05, 3.63) is 63.1 Å². The second kappa shape index (κ2) is 4.40. The van der Waals surface area contributed by atoms with Gasteiger partial charge in [-0.05, 0) is 60.2 Å². The molecule has 0 bridgehead atoms. The molecule has 3 rings (SSSR count). The van der Waals surface area contributed by atoms with Crippen LogP contribution in [0.3, 0.4) is 0 Å². The summed E-state index contributed by atoms with van der Waals surface area (Å²) in [6, 6.07) is 13.1. The number of hydrogen-bond acceptors (Lipinski definition) is 0. The maximum atomic E-state index is 3.63. The van der Waals surface area contributed by atoms with Crippen LogP contribution in [0.15, 0.2) is 46.4 Å². The number of hydrogen-bond donors (Lipinski definition) is 0. The fourth-order valence-corrected chi connectivity index (χ4v) is 3.17. The molecule has 0 saturated carbocycles. The second-order valence-electron chi connectivity index (χ2n) is 5.00. The summed E-state index contributed by atoms with van der Waals surface area (Å²) in [5.74, 6) is 0. The van der Waals surface area contributed by atoms with E-state index in [0.717, 1.165) is 10.9 Å². The molecule has 0 aliphatic heterocycles. The molecule has 0 N–H and O–H groups in total. The van der Waals surface area contributed by atoms with Crippen molar-refractivity contribution < 1.29 is 0 Å². The summed E-state index contributed by atoms with van der Waals surface area (Å²) in [6.45, 7) is 4.38. The van der Waals surface area contributed by atoms with E-state index in [0.29, 0.717) is 0 Å². The zero-order chi connectivity index (χ0) is 12.7. The minimum Gasteiger partial charge on any atom is -0.0683 e. The number of halogens is 1. The molecule has 0 radical (unpaired) electrons. The summed E-state index contributed by atoms with van der Waals surface area (Å²) < 4.78 is 1.16. The highest BCUT2D eigenvalue weighted by Crippen LogP contribution is 2.37. The molecule has 18 heavy (non-hydrogen) atoms. The van der Waals surface area contributed by atoms with E-state index in [9.17, 15) is 0 Å². The predicted molar refractivity (Wildman–Crippen MR) is 81.7 cm³/mol. The second-order valence-corrected chi connectivity index (χ2v) is 5.92. The summed E-state index contributed by atoms with van der Waals surface area (Å²) in [5, 5.41) is 0. The lowest BCUT2D eigenvalue weighted by Crippen LogP contribution is -1.92. The summed E-state index contributed by atoms with van der Waals surface area (Å²) in [4.78, 5) is 0. The van der Waals surface area contributed by atoms with Crippen molar-refractivity contribution in [1.29, 1.82) is 0 Å². The van der Waals surface area contributed by atoms with Gasteiger partial charge in [-0.1, -0.05) is 51.8 Å². The van der Waals surface area contributed by atoms with Crippen LogP contribution in [0.1, 0.15) is 23.6 Å². The van der Waals surface area contributed by atoms with Crippen molar-refractivity contribution in [2.24, 2.45) is 0 Å². The molecular weight excluding hydrogens is 284 g/mol. The third kappa shape index (κ3) is 1.93. The Kier molecular flexibility index (Phi) is 2.87. The van der Waals surface area contributed by atoms with Crippen LogP contribution in [-0.4, -0.2) is 0 Å². The highest BCUT2D eigenvalue weighted by molar-refractivity contribution is 9.10. The fraction of sp³-hybridized carbons (Fsp3) is 0.176. The van der Waals surface area contributed by atoms with Crippen molar-refractivity contribution in [3.63, 3.8) is 0 Å². The van der Waals surface area contributed by atoms with Crippen molar-refractivity contribution in [2.45, 2.75) is 20.3 Å². The minimum atomic E-state index is 1.08. The van der Waals surface area contributed by atoms with Gasteiger partial charge in [0.15, 0.2) is 0 Å². The van der Waals surface area contributed by atoms with Gasteiger partial charge in [0, 0.05) is 4.47 Å². The first-order chi connectivity index (χ1) is 8.65. The Hall–Kier alpha value is -1.34. The number of benzene rings is 2. The van der Waals surface area contributed by atoms with E-state index >= 15 is 0 Å². The van der Waals surface area contributed by atoms with Gasteiger partial charge in [-0.15, -0.1) is 0 Å². The normalized spacial score (nSPS) is 13.4. The van der Waals surface area contributed by atoms with Crippen LogP contribution in [-0.2, 0) is 6.42 Å². The molecule has 1 aliphatic carbocycles.